The van der Waals surface area contributed by atoms with E-state index in [1.54, 1.807) is 6.20 Å². The number of nitrogens with one attached hydrogen (secondary N) is 1. The van der Waals surface area contributed by atoms with Gasteiger partial charge in [-0.25, -0.2) is 9.97 Å². The summed E-state index contributed by atoms with van der Waals surface area (Å²) in [6, 6.07) is 25.9. The number of pyridine rings is 1. The van der Waals surface area contributed by atoms with Crippen molar-refractivity contribution in [2.24, 2.45) is 0 Å². The van der Waals surface area contributed by atoms with Crippen LogP contribution in [0.4, 0.5) is 17.3 Å². The van der Waals surface area contributed by atoms with E-state index in [-0.39, 0.29) is 5.95 Å². The summed E-state index contributed by atoms with van der Waals surface area (Å²) in [7, 11) is 0. The topological polar surface area (TPSA) is 76.7 Å². The molecule has 0 aliphatic heterocycles. The van der Waals surface area contributed by atoms with Crippen molar-refractivity contribution in [1.29, 1.82) is 0 Å². The molecule has 0 spiro atoms. The summed E-state index contributed by atoms with van der Waals surface area (Å²) in [5.41, 5.74) is 13.5. The molecule has 6 heteroatoms. The zero-order valence-corrected chi connectivity index (χ0v) is 18.1. The lowest BCUT2D eigenvalue weighted by molar-refractivity contribution is 1.19. The number of rotatable bonds is 4. The Labute approximate surface area is 191 Å². The van der Waals surface area contributed by atoms with Crippen LogP contribution in [0, 0.1) is 6.92 Å². The van der Waals surface area contributed by atoms with Crippen LogP contribution < -0.4 is 11.1 Å². The van der Waals surface area contributed by atoms with Gasteiger partial charge in [-0.1, -0.05) is 53.6 Å². The SMILES string of the molecule is Cc1ccc(-c2cc(-c3ccc(Nc4ccnc5cc(Cl)ccc45)cc3)nc(N)n2)cc1. The number of benzene rings is 3. The van der Waals surface area contributed by atoms with Crippen LogP contribution in [0.5, 0.6) is 0 Å². The number of nitrogens with two attached hydrogens (primary N) is 1. The van der Waals surface area contributed by atoms with Crippen LogP contribution in [0.2, 0.25) is 5.02 Å². The summed E-state index contributed by atoms with van der Waals surface area (Å²) in [5, 5.41) is 5.13. The number of nitrogens with zero attached hydrogens (tertiary/aromatic N) is 3. The van der Waals surface area contributed by atoms with Crippen molar-refractivity contribution < 1.29 is 0 Å². The second-order valence-corrected chi connectivity index (χ2v) is 8.02. The van der Waals surface area contributed by atoms with Crippen LogP contribution in [-0.4, -0.2) is 15.0 Å². The van der Waals surface area contributed by atoms with Crippen LogP contribution in [0.15, 0.2) is 85.1 Å². The summed E-state index contributed by atoms with van der Waals surface area (Å²) in [6.07, 6.45) is 1.77. The number of nitrogen functional groups attached to an aromatic ring is 1. The molecule has 0 amide bonds. The molecule has 0 fully saturated rings. The fourth-order valence-electron chi connectivity index (χ4n) is 3.60. The van der Waals surface area contributed by atoms with E-state index >= 15 is 0 Å². The molecule has 3 N–H and O–H groups in total. The Balaban J connectivity index is 1.44. The van der Waals surface area contributed by atoms with Gasteiger partial charge in [-0.15, -0.1) is 0 Å². The molecule has 32 heavy (non-hydrogen) atoms. The van der Waals surface area contributed by atoms with Gasteiger partial charge in [0, 0.05) is 39.1 Å². The minimum atomic E-state index is 0.252. The lowest BCUT2D eigenvalue weighted by Crippen LogP contribution is -1.99. The van der Waals surface area contributed by atoms with Crippen LogP contribution in [0.25, 0.3) is 33.4 Å². The van der Waals surface area contributed by atoms with Crippen LogP contribution in [0.1, 0.15) is 5.56 Å². The van der Waals surface area contributed by atoms with E-state index in [2.05, 4.69) is 39.3 Å². The summed E-state index contributed by atoms with van der Waals surface area (Å²) < 4.78 is 0. The molecule has 0 aliphatic rings. The van der Waals surface area contributed by atoms with E-state index in [9.17, 15) is 0 Å². The van der Waals surface area contributed by atoms with Crippen molar-refractivity contribution in [3.05, 3.63) is 95.6 Å². The third-order valence-electron chi connectivity index (χ3n) is 5.26. The summed E-state index contributed by atoms with van der Waals surface area (Å²) >= 11 is 6.10. The average molecular weight is 438 g/mol. The monoisotopic (exact) mass is 437 g/mol. The molecule has 0 saturated heterocycles. The van der Waals surface area contributed by atoms with Gasteiger partial charge < -0.3 is 11.1 Å². The van der Waals surface area contributed by atoms with E-state index in [1.165, 1.54) is 5.56 Å². The average Bonchev–Trinajstić information content (AvgIpc) is 2.79. The maximum atomic E-state index is 6.10. The molecule has 0 atom stereocenters. The van der Waals surface area contributed by atoms with Gasteiger partial charge in [0.05, 0.1) is 16.9 Å². The van der Waals surface area contributed by atoms with E-state index in [0.717, 1.165) is 44.8 Å². The van der Waals surface area contributed by atoms with Crippen molar-refractivity contribution in [3.8, 4) is 22.5 Å². The molecule has 0 radical (unpaired) electrons. The molecule has 5 aromatic rings. The lowest BCUT2D eigenvalue weighted by Gasteiger charge is -2.11. The predicted octanol–water partition coefficient (Wildman–Crippen LogP) is 6.65. The van der Waals surface area contributed by atoms with Crippen molar-refractivity contribution in [3.63, 3.8) is 0 Å². The van der Waals surface area contributed by atoms with Crippen LogP contribution in [0.3, 0.4) is 0 Å². The molecule has 0 unspecified atom stereocenters. The minimum Gasteiger partial charge on any atom is -0.368 e. The Morgan fingerprint density at radius 2 is 1.44 bits per heavy atom. The summed E-state index contributed by atoms with van der Waals surface area (Å²) in [5.74, 6) is 0.252. The number of hydrogen-bond acceptors (Lipinski definition) is 5. The third-order valence-corrected chi connectivity index (χ3v) is 5.49. The number of aromatic nitrogens is 3. The zero-order chi connectivity index (χ0) is 22.1. The normalized spacial score (nSPS) is 10.9. The second-order valence-electron chi connectivity index (χ2n) is 7.58. The first-order valence-electron chi connectivity index (χ1n) is 10.2. The number of fused-ring (bicyclic) bond motifs is 1. The largest absolute Gasteiger partial charge is 0.368 e. The van der Waals surface area contributed by atoms with Crippen molar-refractivity contribution in [2.75, 3.05) is 11.1 Å². The first-order valence-corrected chi connectivity index (χ1v) is 10.6. The van der Waals surface area contributed by atoms with Gasteiger partial charge in [-0.2, -0.15) is 0 Å². The second kappa shape index (κ2) is 8.29. The Bertz CT molecular complexity index is 1410. The predicted molar refractivity (Wildman–Crippen MR) is 132 cm³/mol. The quantitative estimate of drug-likeness (QED) is 0.329. The highest BCUT2D eigenvalue weighted by molar-refractivity contribution is 6.31. The number of anilines is 3. The van der Waals surface area contributed by atoms with E-state index in [1.807, 2.05) is 66.7 Å². The first kappa shape index (κ1) is 20.0. The Kier molecular flexibility index (Phi) is 5.17. The number of aryl methyl sites for hydroxylation is 1. The van der Waals surface area contributed by atoms with Gasteiger partial charge in [0.15, 0.2) is 0 Å². The molecule has 5 rings (SSSR count). The van der Waals surface area contributed by atoms with Crippen molar-refractivity contribution >= 4 is 39.8 Å². The van der Waals surface area contributed by atoms with E-state index in [0.29, 0.717) is 5.02 Å². The fraction of sp³-hybridized carbons (Fsp3) is 0.0385. The first-order chi connectivity index (χ1) is 15.5. The zero-order valence-electron chi connectivity index (χ0n) is 17.4. The van der Waals surface area contributed by atoms with Gasteiger partial charge in [-0.05, 0) is 49.4 Å². The Morgan fingerprint density at radius 3 is 2.12 bits per heavy atom. The van der Waals surface area contributed by atoms with Crippen LogP contribution >= 0.6 is 11.6 Å². The maximum Gasteiger partial charge on any atom is 0.221 e. The number of hydrogen-bond donors (Lipinski definition) is 2. The Hall–Kier alpha value is -3.96. The maximum absolute atomic E-state index is 6.10. The standard InChI is InChI=1S/C26H20ClN5/c1-16-2-4-17(5-3-16)23-15-24(32-26(28)31-23)18-6-9-20(10-7-18)30-22-12-13-29-25-14-19(27)8-11-21(22)25/h2-15H,1H3,(H,29,30)(H2,28,31,32). The van der Waals surface area contributed by atoms with Gasteiger partial charge in [0.25, 0.3) is 0 Å². The fourth-order valence-corrected chi connectivity index (χ4v) is 3.76. The molecule has 3 aromatic carbocycles. The molecular weight excluding hydrogens is 418 g/mol. The number of halogens is 1. The van der Waals surface area contributed by atoms with E-state index in [4.69, 9.17) is 17.3 Å². The van der Waals surface area contributed by atoms with Crippen molar-refractivity contribution in [2.45, 2.75) is 6.92 Å². The molecule has 0 saturated carbocycles. The summed E-state index contributed by atoms with van der Waals surface area (Å²) in [4.78, 5) is 13.2. The van der Waals surface area contributed by atoms with Gasteiger partial charge in [0.2, 0.25) is 5.95 Å². The molecule has 5 nitrogen and oxygen atoms in total. The molecule has 0 aliphatic carbocycles. The Morgan fingerprint density at radius 1 is 0.781 bits per heavy atom. The highest BCUT2D eigenvalue weighted by Gasteiger charge is 2.08. The molecule has 2 aromatic heterocycles. The minimum absolute atomic E-state index is 0.252. The smallest absolute Gasteiger partial charge is 0.221 e. The molecule has 2 heterocycles. The van der Waals surface area contributed by atoms with Gasteiger partial charge >= 0.3 is 0 Å². The highest BCUT2D eigenvalue weighted by atomic mass is 35.5. The van der Waals surface area contributed by atoms with Gasteiger partial charge in [0.1, 0.15) is 0 Å². The molecular formula is C26H20ClN5. The van der Waals surface area contributed by atoms with E-state index < -0.39 is 0 Å². The lowest BCUT2D eigenvalue weighted by atomic mass is 10.1. The van der Waals surface area contributed by atoms with Gasteiger partial charge in [-0.3, -0.25) is 4.98 Å². The van der Waals surface area contributed by atoms with Crippen LogP contribution in [-0.2, 0) is 0 Å². The third kappa shape index (κ3) is 4.11. The highest BCUT2D eigenvalue weighted by Crippen LogP contribution is 2.29. The molecule has 156 valence electrons. The van der Waals surface area contributed by atoms with Crippen molar-refractivity contribution in [1.82, 2.24) is 15.0 Å². The molecule has 0 bridgehead atoms. The summed E-state index contributed by atoms with van der Waals surface area (Å²) in [6.45, 7) is 2.06.